The van der Waals surface area contributed by atoms with Gasteiger partial charge in [-0.2, -0.15) is 0 Å². The zero-order valence-electron chi connectivity index (χ0n) is 8.94. The molecular weight excluding hydrogens is 168 g/mol. The number of halogens is 1. The molecule has 0 heterocycles. The van der Waals surface area contributed by atoms with Crippen LogP contribution in [0.5, 0.6) is 0 Å². The zero-order chi connectivity index (χ0) is 9.56. The molecule has 0 N–H and O–H groups in total. The van der Waals surface area contributed by atoms with Crippen molar-refractivity contribution < 1.29 is 0 Å². The maximum Gasteiger partial charge on any atom is 0.0359 e. The van der Waals surface area contributed by atoms with E-state index in [1.807, 2.05) is 0 Å². The molecule has 0 aliphatic carbocycles. The van der Waals surface area contributed by atoms with Gasteiger partial charge in [0.05, 0.1) is 0 Å². The molecule has 0 aliphatic heterocycles. The molecule has 0 radical (unpaired) electrons. The molecule has 0 rings (SSSR count). The predicted molar refractivity (Wildman–Crippen MR) is 57.8 cm³/mol. The molecule has 0 saturated carbocycles. The summed E-state index contributed by atoms with van der Waals surface area (Å²) in [5, 5.41) is 0.379. The molecule has 1 heteroatoms. The maximum atomic E-state index is 6.16. The van der Waals surface area contributed by atoms with Crippen LogP contribution in [0.2, 0.25) is 0 Å². The lowest BCUT2D eigenvalue weighted by atomic mass is 9.96. The molecule has 2 atom stereocenters. The molecule has 0 spiro atoms. The van der Waals surface area contributed by atoms with Crippen LogP contribution in [-0.2, 0) is 0 Å². The fourth-order valence-corrected chi connectivity index (χ4v) is 1.54. The van der Waals surface area contributed by atoms with Gasteiger partial charge in [-0.3, -0.25) is 0 Å². The Morgan fingerprint density at radius 2 is 1.58 bits per heavy atom. The van der Waals surface area contributed by atoms with Crippen molar-refractivity contribution in [3.05, 3.63) is 0 Å². The summed E-state index contributed by atoms with van der Waals surface area (Å²) in [4.78, 5) is 0. The second-order valence-corrected chi connectivity index (χ2v) is 4.79. The van der Waals surface area contributed by atoms with Gasteiger partial charge in [-0.05, 0) is 24.7 Å². The molecule has 0 aliphatic rings. The van der Waals surface area contributed by atoms with Crippen molar-refractivity contribution in [1.82, 2.24) is 0 Å². The second kappa shape index (κ2) is 6.77. The van der Waals surface area contributed by atoms with E-state index in [2.05, 4.69) is 27.7 Å². The third-order valence-electron chi connectivity index (χ3n) is 2.44. The van der Waals surface area contributed by atoms with Crippen molar-refractivity contribution in [2.24, 2.45) is 11.8 Å². The first kappa shape index (κ1) is 12.3. The maximum absolute atomic E-state index is 6.16. The summed E-state index contributed by atoms with van der Waals surface area (Å²) >= 11 is 6.16. The Labute approximate surface area is 82.7 Å². The van der Waals surface area contributed by atoms with Crippen LogP contribution in [0.1, 0.15) is 53.4 Å². The van der Waals surface area contributed by atoms with Gasteiger partial charge in [-0.15, -0.1) is 11.6 Å². The van der Waals surface area contributed by atoms with Crippen molar-refractivity contribution in [2.75, 3.05) is 0 Å². The number of hydrogen-bond acceptors (Lipinski definition) is 0. The topological polar surface area (TPSA) is 0 Å². The van der Waals surface area contributed by atoms with Crippen LogP contribution in [-0.4, -0.2) is 5.38 Å². The molecule has 12 heavy (non-hydrogen) atoms. The summed E-state index contributed by atoms with van der Waals surface area (Å²) in [6.07, 6.45) is 5.12. The molecule has 0 nitrogen and oxygen atoms in total. The van der Waals surface area contributed by atoms with Crippen molar-refractivity contribution in [1.29, 1.82) is 0 Å². The Morgan fingerprint density at radius 1 is 1.00 bits per heavy atom. The van der Waals surface area contributed by atoms with Gasteiger partial charge in [0, 0.05) is 5.38 Å². The third kappa shape index (κ3) is 5.88. The van der Waals surface area contributed by atoms with Gasteiger partial charge in [-0.1, -0.05) is 40.5 Å². The van der Waals surface area contributed by atoms with Gasteiger partial charge in [0.25, 0.3) is 0 Å². The van der Waals surface area contributed by atoms with E-state index in [1.54, 1.807) is 0 Å². The second-order valence-electron chi connectivity index (χ2n) is 4.23. The van der Waals surface area contributed by atoms with E-state index >= 15 is 0 Å². The van der Waals surface area contributed by atoms with Crippen LogP contribution >= 0.6 is 11.6 Å². The van der Waals surface area contributed by atoms with Crippen molar-refractivity contribution >= 4 is 11.6 Å². The highest BCUT2D eigenvalue weighted by Crippen LogP contribution is 2.20. The summed E-state index contributed by atoms with van der Waals surface area (Å²) in [5.74, 6) is 1.48. The lowest BCUT2D eigenvalue weighted by molar-refractivity contribution is 0.437. The average Bonchev–Trinajstić information content (AvgIpc) is 2.00. The Hall–Kier alpha value is 0.290. The minimum Gasteiger partial charge on any atom is -0.123 e. The van der Waals surface area contributed by atoms with Crippen molar-refractivity contribution in [3.63, 3.8) is 0 Å². The van der Waals surface area contributed by atoms with Crippen LogP contribution in [0.15, 0.2) is 0 Å². The van der Waals surface area contributed by atoms with Gasteiger partial charge in [0.15, 0.2) is 0 Å². The van der Waals surface area contributed by atoms with Crippen LogP contribution in [0.25, 0.3) is 0 Å². The molecule has 0 aromatic carbocycles. The van der Waals surface area contributed by atoms with Crippen LogP contribution in [0.4, 0.5) is 0 Å². The predicted octanol–water partition coefficient (Wildman–Crippen LogP) is 4.47. The Morgan fingerprint density at radius 3 is 2.00 bits per heavy atom. The minimum atomic E-state index is 0.379. The number of hydrogen-bond donors (Lipinski definition) is 0. The molecule has 0 amide bonds. The molecule has 0 saturated heterocycles. The highest BCUT2D eigenvalue weighted by molar-refractivity contribution is 6.20. The highest BCUT2D eigenvalue weighted by atomic mass is 35.5. The van der Waals surface area contributed by atoms with E-state index in [-0.39, 0.29) is 0 Å². The van der Waals surface area contributed by atoms with E-state index in [1.165, 1.54) is 25.7 Å². The summed E-state index contributed by atoms with van der Waals surface area (Å²) in [5.41, 5.74) is 0. The Kier molecular flexibility index (Phi) is 6.93. The highest BCUT2D eigenvalue weighted by Gasteiger charge is 2.10. The first-order valence-corrected chi connectivity index (χ1v) is 5.65. The SMILES string of the molecule is CCCC(C)CCC(Cl)C(C)C. The lowest BCUT2D eigenvalue weighted by Crippen LogP contribution is -2.09. The van der Waals surface area contributed by atoms with Gasteiger partial charge >= 0.3 is 0 Å². The smallest absolute Gasteiger partial charge is 0.0359 e. The number of rotatable bonds is 6. The normalized spacial score (nSPS) is 16.5. The number of alkyl halides is 1. The summed E-state index contributed by atoms with van der Waals surface area (Å²) in [6, 6.07) is 0. The van der Waals surface area contributed by atoms with Gasteiger partial charge in [-0.25, -0.2) is 0 Å². The van der Waals surface area contributed by atoms with Gasteiger partial charge in [0.1, 0.15) is 0 Å². The fourth-order valence-electron chi connectivity index (χ4n) is 1.41. The standard InChI is InChI=1S/C11H23Cl/c1-5-6-10(4)7-8-11(12)9(2)3/h9-11H,5-8H2,1-4H3. The van der Waals surface area contributed by atoms with Crippen LogP contribution < -0.4 is 0 Å². The average molecular weight is 191 g/mol. The molecular formula is C11H23Cl. The molecule has 74 valence electrons. The van der Waals surface area contributed by atoms with Crippen LogP contribution in [0, 0.1) is 11.8 Å². The van der Waals surface area contributed by atoms with Gasteiger partial charge in [0.2, 0.25) is 0 Å². The summed E-state index contributed by atoms with van der Waals surface area (Å²) < 4.78 is 0. The van der Waals surface area contributed by atoms with E-state index in [0.717, 1.165) is 5.92 Å². The van der Waals surface area contributed by atoms with Crippen molar-refractivity contribution in [3.8, 4) is 0 Å². The van der Waals surface area contributed by atoms with Gasteiger partial charge < -0.3 is 0 Å². The van der Waals surface area contributed by atoms with Crippen LogP contribution in [0.3, 0.4) is 0 Å². The molecule has 0 fully saturated rings. The molecule has 0 aromatic rings. The molecule has 2 unspecified atom stereocenters. The molecule has 0 aromatic heterocycles. The third-order valence-corrected chi connectivity index (χ3v) is 3.16. The monoisotopic (exact) mass is 190 g/mol. The Bertz CT molecular complexity index is 99.2. The van der Waals surface area contributed by atoms with E-state index < -0.39 is 0 Å². The summed E-state index contributed by atoms with van der Waals surface area (Å²) in [7, 11) is 0. The Balaban J connectivity index is 3.40. The fraction of sp³-hybridized carbons (Fsp3) is 1.00. The van der Waals surface area contributed by atoms with Crippen molar-refractivity contribution in [2.45, 2.75) is 58.8 Å². The quantitative estimate of drug-likeness (QED) is 0.543. The first-order valence-electron chi connectivity index (χ1n) is 5.22. The first-order chi connectivity index (χ1) is 5.57. The van der Waals surface area contributed by atoms with E-state index in [0.29, 0.717) is 11.3 Å². The van der Waals surface area contributed by atoms with E-state index in [4.69, 9.17) is 11.6 Å². The minimum absolute atomic E-state index is 0.379. The zero-order valence-corrected chi connectivity index (χ0v) is 9.69. The summed E-state index contributed by atoms with van der Waals surface area (Å²) in [6.45, 7) is 8.97. The molecule has 0 bridgehead atoms. The largest absolute Gasteiger partial charge is 0.123 e. The lowest BCUT2D eigenvalue weighted by Gasteiger charge is -2.15. The van der Waals surface area contributed by atoms with E-state index in [9.17, 15) is 0 Å².